The third-order valence-corrected chi connectivity index (χ3v) is 3.29. The predicted molar refractivity (Wildman–Crippen MR) is 80.4 cm³/mol. The van der Waals surface area contributed by atoms with Crippen LogP contribution in [0.5, 0.6) is 5.75 Å². The van der Waals surface area contributed by atoms with Crippen LogP contribution in [0, 0.1) is 0 Å². The summed E-state index contributed by atoms with van der Waals surface area (Å²) in [6, 6.07) is 5.23. The van der Waals surface area contributed by atoms with Gasteiger partial charge < -0.3 is 9.47 Å². The van der Waals surface area contributed by atoms with Crippen molar-refractivity contribution in [1.82, 2.24) is 0 Å². The first kappa shape index (κ1) is 16.6. The zero-order valence-corrected chi connectivity index (χ0v) is 13.1. The first-order chi connectivity index (χ1) is 9.35. The van der Waals surface area contributed by atoms with Crippen molar-refractivity contribution in [2.45, 2.75) is 32.1 Å². The Morgan fingerprint density at radius 2 is 2.05 bits per heavy atom. The van der Waals surface area contributed by atoms with E-state index in [9.17, 15) is 9.59 Å². The number of esters is 1. The first-order valence-electron chi connectivity index (χ1n) is 6.27. The van der Waals surface area contributed by atoms with Crippen molar-refractivity contribution in [2.75, 3.05) is 12.9 Å². The van der Waals surface area contributed by atoms with Crippen molar-refractivity contribution >= 4 is 24.0 Å². The quantitative estimate of drug-likeness (QED) is 0.596. The lowest BCUT2D eigenvalue weighted by Crippen LogP contribution is -2.24. The highest BCUT2D eigenvalue weighted by atomic mass is 32.2. The Kier molecular flexibility index (Phi) is 6.07. The molecule has 0 saturated carbocycles. The lowest BCUT2D eigenvalue weighted by Gasteiger charge is -2.19. The Morgan fingerprint density at radius 3 is 2.60 bits per heavy atom. The van der Waals surface area contributed by atoms with E-state index < -0.39 is 5.60 Å². The van der Waals surface area contributed by atoms with Gasteiger partial charge in [0.1, 0.15) is 17.6 Å². The van der Waals surface area contributed by atoms with Crippen LogP contribution in [0.1, 0.15) is 36.7 Å². The molecule has 0 aromatic heterocycles. The molecule has 4 nitrogen and oxygen atoms in total. The summed E-state index contributed by atoms with van der Waals surface area (Å²) in [4.78, 5) is 22.4. The molecular formula is C15H20O4S. The van der Waals surface area contributed by atoms with E-state index in [-0.39, 0.29) is 11.7 Å². The summed E-state index contributed by atoms with van der Waals surface area (Å²) in [5.41, 5.74) is 1.02. The van der Waals surface area contributed by atoms with E-state index in [2.05, 4.69) is 0 Å². The normalized spacial score (nSPS) is 11.0. The molecule has 1 rings (SSSR count). The van der Waals surface area contributed by atoms with Gasteiger partial charge in [-0.05, 0) is 39.0 Å². The van der Waals surface area contributed by atoms with Gasteiger partial charge in [0.2, 0.25) is 0 Å². The van der Waals surface area contributed by atoms with Crippen molar-refractivity contribution in [3.63, 3.8) is 0 Å². The molecule has 0 saturated heterocycles. The first-order valence-corrected chi connectivity index (χ1v) is 7.43. The van der Waals surface area contributed by atoms with Crippen LogP contribution in [-0.2, 0) is 15.3 Å². The van der Waals surface area contributed by atoms with E-state index in [0.29, 0.717) is 17.1 Å². The van der Waals surface area contributed by atoms with Crippen molar-refractivity contribution < 1.29 is 19.1 Å². The minimum absolute atomic E-state index is 0.243. The van der Waals surface area contributed by atoms with Crippen LogP contribution >= 0.6 is 11.8 Å². The third-order valence-electron chi connectivity index (χ3n) is 2.34. The second kappa shape index (κ2) is 7.33. The smallest absolute Gasteiger partial charge is 0.316 e. The minimum atomic E-state index is -0.466. The van der Waals surface area contributed by atoms with Gasteiger partial charge in [-0.1, -0.05) is 0 Å². The summed E-state index contributed by atoms with van der Waals surface area (Å²) in [6.07, 6.45) is 0.793. The number of carbonyl (C=O) groups excluding carboxylic acids is 2. The Hall–Kier alpha value is -1.49. The van der Waals surface area contributed by atoms with Crippen LogP contribution in [0.2, 0.25) is 0 Å². The molecule has 0 atom stereocenters. The standard InChI is InChI=1S/C15H20O4S/c1-15(2,3)19-14(17)10-20-9-12-7-11(8-16)5-6-13(12)18-4/h5-8H,9-10H2,1-4H3. The van der Waals surface area contributed by atoms with Crippen LogP contribution in [0.15, 0.2) is 18.2 Å². The molecule has 0 heterocycles. The fourth-order valence-corrected chi connectivity index (χ4v) is 2.37. The van der Waals surface area contributed by atoms with Gasteiger partial charge in [-0.15, -0.1) is 11.8 Å². The van der Waals surface area contributed by atoms with Gasteiger partial charge in [-0.3, -0.25) is 9.59 Å². The lowest BCUT2D eigenvalue weighted by atomic mass is 10.1. The predicted octanol–water partition coefficient (Wildman–Crippen LogP) is 3.08. The lowest BCUT2D eigenvalue weighted by molar-refractivity contribution is -0.151. The van der Waals surface area contributed by atoms with Gasteiger partial charge in [0, 0.05) is 16.9 Å². The maximum absolute atomic E-state index is 11.6. The SMILES string of the molecule is COc1ccc(C=O)cc1CSCC(=O)OC(C)(C)C. The zero-order chi connectivity index (χ0) is 15.2. The van der Waals surface area contributed by atoms with Crippen LogP contribution in [-0.4, -0.2) is 30.7 Å². The van der Waals surface area contributed by atoms with Crippen molar-refractivity contribution in [3.8, 4) is 5.75 Å². The number of hydrogen-bond acceptors (Lipinski definition) is 5. The van der Waals surface area contributed by atoms with Crippen LogP contribution in [0.3, 0.4) is 0 Å². The molecule has 0 bridgehead atoms. The highest BCUT2D eigenvalue weighted by molar-refractivity contribution is 7.99. The van der Waals surface area contributed by atoms with Crippen molar-refractivity contribution in [1.29, 1.82) is 0 Å². The topological polar surface area (TPSA) is 52.6 Å². The largest absolute Gasteiger partial charge is 0.496 e. The molecule has 110 valence electrons. The molecule has 0 fully saturated rings. The van der Waals surface area contributed by atoms with E-state index >= 15 is 0 Å². The highest BCUT2D eigenvalue weighted by Crippen LogP contribution is 2.24. The Labute approximate surface area is 123 Å². The minimum Gasteiger partial charge on any atom is -0.496 e. The van der Waals surface area contributed by atoms with E-state index in [4.69, 9.17) is 9.47 Å². The summed E-state index contributed by atoms with van der Waals surface area (Å²) in [5, 5.41) is 0. The number of thioether (sulfide) groups is 1. The zero-order valence-electron chi connectivity index (χ0n) is 12.3. The summed E-state index contributed by atoms with van der Waals surface area (Å²) >= 11 is 1.43. The molecule has 1 aromatic carbocycles. The Balaban J connectivity index is 2.57. The molecule has 0 N–H and O–H groups in total. The van der Waals surface area contributed by atoms with Gasteiger partial charge in [0.05, 0.1) is 12.9 Å². The molecule has 0 radical (unpaired) electrons. The number of hydrogen-bond donors (Lipinski definition) is 0. The van der Waals surface area contributed by atoms with Gasteiger partial charge >= 0.3 is 5.97 Å². The monoisotopic (exact) mass is 296 g/mol. The molecule has 1 aromatic rings. The number of rotatable bonds is 6. The second-order valence-corrected chi connectivity index (χ2v) is 6.25. The number of benzene rings is 1. The fourth-order valence-electron chi connectivity index (χ4n) is 1.60. The average Bonchev–Trinajstić information content (AvgIpc) is 2.36. The van der Waals surface area contributed by atoms with Crippen LogP contribution in [0.4, 0.5) is 0 Å². The summed E-state index contributed by atoms with van der Waals surface area (Å²) in [5.74, 6) is 1.33. The third kappa shape index (κ3) is 5.65. The maximum Gasteiger partial charge on any atom is 0.316 e. The molecule has 0 aliphatic heterocycles. The number of ether oxygens (including phenoxy) is 2. The van der Waals surface area contributed by atoms with Crippen molar-refractivity contribution in [2.24, 2.45) is 0 Å². The average molecular weight is 296 g/mol. The molecule has 5 heteroatoms. The summed E-state index contributed by atoms with van der Waals surface area (Å²) in [6.45, 7) is 5.52. The van der Waals surface area contributed by atoms with Gasteiger partial charge in [0.25, 0.3) is 0 Å². The van der Waals surface area contributed by atoms with Crippen molar-refractivity contribution in [3.05, 3.63) is 29.3 Å². The summed E-state index contributed by atoms with van der Waals surface area (Å²) < 4.78 is 10.5. The van der Waals surface area contributed by atoms with Gasteiger partial charge in [0.15, 0.2) is 0 Å². The number of carbonyl (C=O) groups is 2. The van der Waals surface area contributed by atoms with Crippen LogP contribution in [0.25, 0.3) is 0 Å². The van der Waals surface area contributed by atoms with E-state index in [1.54, 1.807) is 25.3 Å². The van der Waals surface area contributed by atoms with Crippen LogP contribution < -0.4 is 4.74 Å². The molecule has 0 unspecified atom stereocenters. The summed E-state index contributed by atoms with van der Waals surface area (Å²) in [7, 11) is 1.58. The molecule has 0 aliphatic rings. The van der Waals surface area contributed by atoms with E-state index in [1.807, 2.05) is 20.8 Å². The molecule has 20 heavy (non-hydrogen) atoms. The number of aldehydes is 1. The highest BCUT2D eigenvalue weighted by Gasteiger charge is 2.16. The fraction of sp³-hybridized carbons (Fsp3) is 0.467. The Morgan fingerprint density at radius 1 is 1.35 bits per heavy atom. The van der Waals surface area contributed by atoms with Gasteiger partial charge in [-0.2, -0.15) is 0 Å². The molecular weight excluding hydrogens is 276 g/mol. The van der Waals surface area contributed by atoms with E-state index in [0.717, 1.165) is 11.8 Å². The maximum atomic E-state index is 11.6. The molecule has 0 spiro atoms. The van der Waals surface area contributed by atoms with Gasteiger partial charge in [-0.25, -0.2) is 0 Å². The molecule has 0 aliphatic carbocycles. The Bertz CT molecular complexity index is 477. The second-order valence-electron chi connectivity index (χ2n) is 5.27. The van der Waals surface area contributed by atoms with E-state index in [1.165, 1.54) is 11.8 Å². The number of methoxy groups -OCH3 is 1. The molecule has 0 amide bonds.